The van der Waals surface area contributed by atoms with E-state index in [0.717, 1.165) is 28.0 Å². The predicted molar refractivity (Wildman–Crippen MR) is 106 cm³/mol. The van der Waals surface area contributed by atoms with Gasteiger partial charge in [-0.1, -0.05) is 29.8 Å². The van der Waals surface area contributed by atoms with E-state index in [1.807, 2.05) is 48.7 Å². The van der Waals surface area contributed by atoms with Gasteiger partial charge in [-0.05, 0) is 41.8 Å². The predicted octanol–water partition coefficient (Wildman–Crippen LogP) is 5.60. The third-order valence-electron chi connectivity index (χ3n) is 4.33. The fraction of sp³-hybridized carbons (Fsp3) is 0.190. The van der Waals surface area contributed by atoms with Gasteiger partial charge < -0.3 is 14.2 Å². The normalized spacial score (nSPS) is 12.5. The number of fused-ring (bicyclic) bond motifs is 1. The summed E-state index contributed by atoms with van der Waals surface area (Å²) in [5.41, 5.74) is 4.24. The zero-order valence-electron chi connectivity index (χ0n) is 14.6. The molecule has 4 nitrogen and oxygen atoms in total. The minimum Gasteiger partial charge on any atom is -0.486 e. The van der Waals surface area contributed by atoms with E-state index in [2.05, 4.69) is 6.07 Å². The summed E-state index contributed by atoms with van der Waals surface area (Å²) in [5.74, 6) is 1.43. The maximum atomic E-state index is 9.67. The zero-order valence-corrected chi connectivity index (χ0v) is 16.2. The molecule has 1 aromatic heterocycles. The maximum Gasteiger partial charge on any atom is 0.192 e. The first-order valence-corrected chi connectivity index (χ1v) is 9.71. The van der Waals surface area contributed by atoms with Gasteiger partial charge in [0.05, 0.1) is 0 Å². The zero-order chi connectivity index (χ0) is 18.8. The van der Waals surface area contributed by atoms with Crippen LogP contribution in [-0.2, 0) is 6.61 Å². The van der Waals surface area contributed by atoms with E-state index < -0.39 is 0 Å². The Kier molecular flexibility index (Phi) is 4.93. The Morgan fingerprint density at radius 3 is 2.74 bits per heavy atom. The molecule has 6 heteroatoms. The van der Waals surface area contributed by atoms with Crippen molar-refractivity contribution in [1.82, 2.24) is 0 Å². The van der Waals surface area contributed by atoms with Crippen LogP contribution in [0.2, 0.25) is 5.02 Å². The number of nitrogens with zero attached hydrogens (tertiary/aromatic N) is 1. The second-order valence-electron chi connectivity index (χ2n) is 6.15. The summed E-state index contributed by atoms with van der Waals surface area (Å²) in [6.07, 6.45) is 0. The molecule has 4 rings (SSSR count). The summed E-state index contributed by atoms with van der Waals surface area (Å²) >= 11 is 7.58. The van der Waals surface area contributed by atoms with Crippen molar-refractivity contribution < 1.29 is 14.2 Å². The number of ether oxygens (including phenoxy) is 3. The Morgan fingerprint density at radius 2 is 1.96 bits per heavy atom. The lowest BCUT2D eigenvalue weighted by Crippen LogP contribution is -2.15. The lowest BCUT2D eigenvalue weighted by Gasteiger charge is -2.18. The van der Waals surface area contributed by atoms with Gasteiger partial charge in [0, 0.05) is 16.0 Å². The molecule has 0 saturated heterocycles. The van der Waals surface area contributed by atoms with Crippen molar-refractivity contribution in [3.8, 4) is 33.8 Å². The van der Waals surface area contributed by atoms with E-state index in [9.17, 15) is 5.26 Å². The van der Waals surface area contributed by atoms with Gasteiger partial charge in [-0.2, -0.15) is 5.26 Å². The molecule has 0 fully saturated rings. The van der Waals surface area contributed by atoms with Crippen LogP contribution in [0.1, 0.15) is 16.7 Å². The summed E-state index contributed by atoms with van der Waals surface area (Å²) in [6, 6.07) is 13.8. The van der Waals surface area contributed by atoms with Crippen LogP contribution >= 0.6 is 22.9 Å². The molecule has 136 valence electrons. The van der Waals surface area contributed by atoms with Gasteiger partial charge in [0.25, 0.3) is 0 Å². The summed E-state index contributed by atoms with van der Waals surface area (Å²) < 4.78 is 17.1. The highest BCUT2D eigenvalue weighted by Crippen LogP contribution is 2.40. The first kappa shape index (κ1) is 17.7. The second-order valence-corrected chi connectivity index (χ2v) is 7.40. The molecule has 0 atom stereocenters. The smallest absolute Gasteiger partial charge is 0.192 e. The van der Waals surface area contributed by atoms with Gasteiger partial charge in [0.2, 0.25) is 0 Å². The third kappa shape index (κ3) is 3.59. The van der Waals surface area contributed by atoms with Crippen LogP contribution in [0.3, 0.4) is 0 Å². The molecule has 0 saturated carbocycles. The van der Waals surface area contributed by atoms with Gasteiger partial charge in [0.1, 0.15) is 31.5 Å². The molecule has 3 aromatic rings. The number of thiophene rings is 1. The molecule has 1 aliphatic rings. The number of hydrogen-bond donors (Lipinski definition) is 0. The molecule has 0 spiro atoms. The lowest BCUT2D eigenvalue weighted by molar-refractivity contribution is 0.171. The number of rotatable bonds is 4. The highest BCUT2D eigenvalue weighted by atomic mass is 35.5. The molecule has 0 N–H and O–H groups in total. The Balaban J connectivity index is 1.58. The molecule has 0 radical (unpaired) electrons. The Hall–Kier alpha value is -2.68. The summed E-state index contributed by atoms with van der Waals surface area (Å²) in [4.78, 5) is 0. The van der Waals surface area contributed by atoms with Crippen molar-refractivity contribution in [3.05, 3.63) is 63.5 Å². The number of benzene rings is 2. The molecular formula is C21H16ClNO3S. The van der Waals surface area contributed by atoms with Crippen molar-refractivity contribution in [3.63, 3.8) is 0 Å². The first-order chi connectivity index (χ1) is 13.2. The lowest BCUT2D eigenvalue weighted by atomic mass is 10.0. The van der Waals surface area contributed by atoms with Crippen LogP contribution in [-0.4, -0.2) is 13.2 Å². The number of hydrogen-bond acceptors (Lipinski definition) is 5. The van der Waals surface area contributed by atoms with Crippen molar-refractivity contribution in [1.29, 1.82) is 5.26 Å². The van der Waals surface area contributed by atoms with Crippen molar-refractivity contribution in [2.24, 2.45) is 0 Å². The fourth-order valence-corrected chi connectivity index (χ4v) is 3.93. The van der Waals surface area contributed by atoms with Crippen LogP contribution in [0.15, 0.2) is 41.8 Å². The van der Waals surface area contributed by atoms with Crippen LogP contribution in [0.5, 0.6) is 16.6 Å². The first-order valence-electron chi connectivity index (χ1n) is 8.45. The van der Waals surface area contributed by atoms with Crippen LogP contribution in [0, 0.1) is 18.3 Å². The molecule has 27 heavy (non-hydrogen) atoms. The minimum absolute atomic E-state index is 0.357. The Morgan fingerprint density at radius 1 is 1.15 bits per heavy atom. The highest BCUT2D eigenvalue weighted by molar-refractivity contribution is 7.12. The molecule has 2 heterocycles. The fourth-order valence-electron chi connectivity index (χ4n) is 2.85. The van der Waals surface area contributed by atoms with Crippen LogP contribution in [0.4, 0.5) is 0 Å². The quantitative estimate of drug-likeness (QED) is 0.575. The second kappa shape index (κ2) is 7.51. The number of halogens is 1. The van der Waals surface area contributed by atoms with E-state index in [0.29, 0.717) is 41.2 Å². The number of nitriles is 1. The van der Waals surface area contributed by atoms with Gasteiger partial charge in [-0.15, -0.1) is 11.3 Å². The van der Waals surface area contributed by atoms with Crippen molar-refractivity contribution >= 4 is 22.9 Å². The molecule has 0 aliphatic carbocycles. The largest absolute Gasteiger partial charge is 0.486 e. The van der Waals surface area contributed by atoms with Gasteiger partial charge in [-0.3, -0.25) is 0 Å². The van der Waals surface area contributed by atoms with E-state index in [1.165, 1.54) is 11.3 Å². The van der Waals surface area contributed by atoms with Crippen molar-refractivity contribution in [2.75, 3.05) is 13.2 Å². The average Bonchev–Trinajstić information content (AvgIpc) is 3.11. The summed E-state index contributed by atoms with van der Waals surface area (Å²) in [5, 5.41) is 12.9. The molecule has 1 aliphatic heterocycles. The van der Waals surface area contributed by atoms with E-state index in [4.69, 9.17) is 25.8 Å². The molecule has 0 amide bonds. The van der Waals surface area contributed by atoms with Crippen LogP contribution in [0.25, 0.3) is 11.1 Å². The van der Waals surface area contributed by atoms with Gasteiger partial charge >= 0.3 is 0 Å². The molecular weight excluding hydrogens is 382 g/mol. The Bertz CT molecular complexity index is 1040. The SMILES string of the molecule is Cc1ccc(COc2scc(-c3ccc4c(c3)OCCO4)c2C#N)cc1Cl. The highest BCUT2D eigenvalue weighted by Gasteiger charge is 2.18. The third-order valence-corrected chi connectivity index (χ3v) is 5.63. The van der Waals surface area contributed by atoms with Crippen LogP contribution < -0.4 is 14.2 Å². The maximum absolute atomic E-state index is 9.67. The topological polar surface area (TPSA) is 51.5 Å². The van der Waals surface area contributed by atoms with Gasteiger partial charge in [0.15, 0.2) is 16.6 Å². The van der Waals surface area contributed by atoms with E-state index in [-0.39, 0.29) is 0 Å². The standard InChI is InChI=1S/C21H16ClNO3S/c1-13-2-3-14(8-18(13)22)11-26-21-16(10-23)17(12-27-21)15-4-5-19-20(9-15)25-7-6-24-19/h2-5,8-9,12H,6-7,11H2,1H3. The Labute approximate surface area is 166 Å². The number of aryl methyl sites for hydroxylation is 1. The average molecular weight is 398 g/mol. The monoisotopic (exact) mass is 397 g/mol. The van der Waals surface area contributed by atoms with E-state index in [1.54, 1.807) is 0 Å². The molecule has 0 bridgehead atoms. The van der Waals surface area contributed by atoms with E-state index >= 15 is 0 Å². The molecule has 2 aromatic carbocycles. The summed E-state index contributed by atoms with van der Waals surface area (Å²) in [6.45, 7) is 3.39. The minimum atomic E-state index is 0.357. The molecule has 0 unspecified atom stereocenters. The van der Waals surface area contributed by atoms with Crippen molar-refractivity contribution in [2.45, 2.75) is 13.5 Å². The summed E-state index contributed by atoms with van der Waals surface area (Å²) in [7, 11) is 0. The van der Waals surface area contributed by atoms with Gasteiger partial charge in [-0.25, -0.2) is 0 Å².